The first-order valence-electron chi connectivity index (χ1n) is 11.4. The number of hydrogen-bond donors (Lipinski definition) is 7. The quantitative estimate of drug-likeness (QED) is 0.219. The summed E-state index contributed by atoms with van der Waals surface area (Å²) in [5.41, 5.74) is 1.56. The lowest BCUT2D eigenvalue weighted by Crippen LogP contribution is -2.59. The van der Waals surface area contributed by atoms with Crippen molar-refractivity contribution in [3.63, 3.8) is 0 Å². The van der Waals surface area contributed by atoms with Crippen LogP contribution in [0.25, 0.3) is 0 Å². The molecule has 1 saturated heterocycles. The number of ketones is 1. The van der Waals surface area contributed by atoms with Gasteiger partial charge in [-0.15, -0.1) is 0 Å². The predicted molar refractivity (Wildman–Crippen MR) is 123 cm³/mol. The zero-order valence-corrected chi connectivity index (χ0v) is 19.1. The fourth-order valence-electron chi connectivity index (χ4n) is 3.94. The van der Waals surface area contributed by atoms with E-state index in [1.165, 1.54) is 24.3 Å². The van der Waals surface area contributed by atoms with E-state index in [-0.39, 0.29) is 42.3 Å². The molecule has 1 heterocycles. The molecule has 0 spiro atoms. The molecule has 0 aliphatic carbocycles. The number of rotatable bonds is 11. The van der Waals surface area contributed by atoms with Gasteiger partial charge in [0.2, 0.25) is 0 Å². The molecule has 1 fully saturated rings. The Kier molecular flexibility index (Phi) is 9.44. The number of Topliss-reactive ketones (excluding diaryl/α,β-unsaturated/α-hetero) is 1. The van der Waals surface area contributed by atoms with Crippen molar-refractivity contribution in [2.45, 2.75) is 68.9 Å². The van der Waals surface area contributed by atoms with Crippen LogP contribution in [0.2, 0.25) is 0 Å². The predicted octanol–water partition coefficient (Wildman–Crippen LogP) is 0.513. The fourth-order valence-corrected chi connectivity index (χ4v) is 3.94. The fraction of sp³-hybridized carbons (Fsp3) is 0.480. The van der Waals surface area contributed by atoms with Crippen LogP contribution >= 0.6 is 0 Å². The number of hydrogen-bond acceptors (Lipinski definition) is 10. The summed E-state index contributed by atoms with van der Waals surface area (Å²) in [6.07, 6.45) is -6.72. The Morgan fingerprint density at radius 3 is 2.23 bits per heavy atom. The van der Waals surface area contributed by atoms with Gasteiger partial charge in [0.15, 0.2) is 17.8 Å². The van der Waals surface area contributed by atoms with Gasteiger partial charge >= 0.3 is 0 Å². The minimum absolute atomic E-state index is 0.0306. The highest BCUT2D eigenvalue weighted by molar-refractivity contribution is 5.79. The second kappa shape index (κ2) is 12.3. The van der Waals surface area contributed by atoms with Crippen LogP contribution in [0.1, 0.15) is 30.4 Å². The number of benzene rings is 2. The van der Waals surface area contributed by atoms with Crippen molar-refractivity contribution in [3.8, 4) is 17.2 Å². The molecule has 1 aliphatic rings. The summed E-state index contributed by atoms with van der Waals surface area (Å²) in [5.74, 6) is -0.527. The number of aliphatic hydroxyl groups excluding tert-OH is 4. The van der Waals surface area contributed by atoms with E-state index >= 15 is 0 Å². The van der Waals surface area contributed by atoms with Crippen molar-refractivity contribution in [1.82, 2.24) is 0 Å². The Hall–Kier alpha value is -2.73. The number of aromatic hydroxyl groups is 3. The zero-order valence-electron chi connectivity index (χ0n) is 19.1. The maximum Gasteiger partial charge on any atom is 0.186 e. The minimum atomic E-state index is -1.61. The molecule has 0 aromatic heterocycles. The number of aryl methyl sites for hydroxylation is 2. The number of phenolic OH excluding ortho intramolecular Hbond substituents is 3. The molecule has 3 rings (SSSR count). The summed E-state index contributed by atoms with van der Waals surface area (Å²) < 4.78 is 11.3. The van der Waals surface area contributed by atoms with Gasteiger partial charge in [-0.2, -0.15) is 0 Å². The molecular weight excluding hydrogens is 460 g/mol. The van der Waals surface area contributed by atoms with Crippen LogP contribution in [0, 0.1) is 0 Å². The van der Waals surface area contributed by atoms with Gasteiger partial charge in [0.25, 0.3) is 0 Å². The molecule has 35 heavy (non-hydrogen) atoms. The van der Waals surface area contributed by atoms with Gasteiger partial charge in [0.1, 0.15) is 35.9 Å². The summed E-state index contributed by atoms with van der Waals surface area (Å²) in [5, 5.41) is 68.4. The smallest absolute Gasteiger partial charge is 0.186 e. The van der Waals surface area contributed by atoms with E-state index in [2.05, 4.69) is 0 Å². The monoisotopic (exact) mass is 492 g/mol. The Balaban J connectivity index is 1.67. The SMILES string of the molecule is O=C(CCc1ccc(O)cc1)C[C@H](CCc1ccc(O)c(O)c1)O[C@@H]1O[C@H](CO)[C@@H](O)[C@H](O)[C@H]1O. The van der Waals surface area contributed by atoms with Gasteiger partial charge in [0.05, 0.1) is 12.7 Å². The zero-order chi connectivity index (χ0) is 25.5. The third-order valence-electron chi connectivity index (χ3n) is 6.05. The van der Waals surface area contributed by atoms with Gasteiger partial charge in [-0.05, 0) is 54.7 Å². The van der Waals surface area contributed by atoms with E-state index in [1.54, 1.807) is 18.2 Å². The average molecular weight is 493 g/mol. The molecule has 6 atom stereocenters. The molecule has 0 amide bonds. The number of ether oxygens (including phenoxy) is 2. The first kappa shape index (κ1) is 26.9. The van der Waals surface area contributed by atoms with E-state index in [1.807, 2.05) is 0 Å². The summed E-state index contributed by atoms with van der Waals surface area (Å²) in [6.45, 7) is -0.603. The van der Waals surface area contributed by atoms with Gasteiger partial charge in [-0.25, -0.2) is 0 Å². The summed E-state index contributed by atoms with van der Waals surface area (Å²) in [7, 11) is 0. The summed E-state index contributed by atoms with van der Waals surface area (Å²) >= 11 is 0. The molecule has 7 N–H and O–H groups in total. The molecule has 10 nitrogen and oxygen atoms in total. The second-order valence-corrected chi connectivity index (χ2v) is 8.73. The Labute approximate surface area is 202 Å². The van der Waals surface area contributed by atoms with Crippen LogP contribution in [0.4, 0.5) is 0 Å². The highest BCUT2D eigenvalue weighted by atomic mass is 16.7. The van der Waals surface area contributed by atoms with Crippen LogP contribution in [0.5, 0.6) is 17.2 Å². The van der Waals surface area contributed by atoms with Gasteiger partial charge in [0, 0.05) is 12.8 Å². The number of phenols is 3. The highest BCUT2D eigenvalue weighted by Crippen LogP contribution is 2.28. The van der Waals surface area contributed by atoms with Crippen LogP contribution < -0.4 is 0 Å². The molecule has 1 aliphatic heterocycles. The van der Waals surface area contributed by atoms with Gasteiger partial charge in [-0.3, -0.25) is 4.79 Å². The van der Waals surface area contributed by atoms with Crippen molar-refractivity contribution in [2.75, 3.05) is 6.61 Å². The molecular formula is C25H32O10. The van der Waals surface area contributed by atoms with Crippen molar-refractivity contribution < 1.29 is 50.0 Å². The van der Waals surface area contributed by atoms with Gasteiger partial charge < -0.3 is 45.2 Å². The van der Waals surface area contributed by atoms with Crippen molar-refractivity contribution in [3.05, 3.63) is 53.6 Å². The molecule has 2 aromatic carbocycles. The van der Waals surface area contributed by atoms with Crippen LogP contribution in [-0.4, -0.2) is 84.9 Å². The van der Waals surface area contributed by atoms with Crippen LogP contribution in [0.3, 0.4) is 0 Å². The van der Waals surface area contributed by atoms with E-state index in [0.717, 1.165) is 5.56 Å². The lowest BCUT2D eigenvalue weighted by atomic mass is 9.98. The number of aliphatic hydroxyl groups is 4. The maximum atomic E-state index is 12.7. The first-order valence-corrected chi connectivity index (χ1v) is 11.4. The molecule has 0 radical (unpaired) electrons. The molecule has 0 saturated carbocycles. The molecule has 10 heteroatoms. The summed E-state index contributed by atoms with van der Waals surface area (Å²) in [4.78, 5) is 12.7. The van der Waals surface area contributed by atoms with Crippen LogP contribution in [0.15, 0.2) is 42.5 Å². The highest BCUT2D eigenvalue weighted by Gasteiger charge is 2.44. The average Bonchev–Trinajstić information content (AvgIpc) is 2.84. The third kappa shape index (κ3) is 7.38. The number of carbonyl (C=O) groups excluding carboxylic acids is 1. The first-order chi connectivity index (χ1) is 16.7. The Bertz CT molecular complexity index is 961. The lowest BCUT2D eigenvalue weighted by molar-refractivity contribution is -0.311. The third-order valence-corrected chi connectivity index (χ3v) is 6.05. The molecule has 0 unspecified atom stereocenters. The van der Waals surface area contributed by atoms with Crippen molar-refractivity contribution in [2.24, 2.45) is 0 Å². The molecule has 0 bridgehead atoms. The van der Waals surface area contributed by atoms with Crippen LogP contribution in [-0.2, 0) is 27.1 Å². The Morgan fingerprint density at radius 2 is 1.57 bits per heavy atom. The van der Waals surface area contributed by atoms with E-state index in [4.69, 9.17) is 9.47 Å². The van der Waals surface area contributed by atoms with E-state index in [0.29, 0.717) is 18.4 Å². The lowest BCUT2D eigenvalue weighted by Gasteiger charge is -2.40. The Morgan fingerprint density at radius 1 is 0.886 bits per heavy atom. The summed E-state index contributed by atoms with van der Waals surface area (Å²) in [6, 6.07) is 10.9. The van der Waals surface area contributed by atoms with E-state index in [9.17, 15) is 40.5 Å². The maximum absolute atomic E-state index is 12.7. The van der Waals surface area contributed by atoms with Crippen molar-refractivity contribution in [1.29, 1.82) is 0 Å². The largest absolute Gasteiger partial charge is 0.508 e. The standard InChI is InChI=1S/C25H32O10/c26-13-21-22(31)23(32)24(33)25(35-21)34-18(9-4-15-5-10-19(29)20(30)11-15)12-17(28)8-3-14-1-6-16(27)7-2-14/h1-2,5-7,10-11,18,21-27,29-33H,3-4,8-9,12-13H2/t18-,21+,22+,23-,24+,25+/m0/s1. The minimum Gasteiger partial charge on any atom is -0.508 e. The molecule has 2 aromatic rings. The normalized spacial score (nSPS) is 25.3. The number of carbonyl (C=O) groups is 1. The van der Waals surface area contributed by atoms with Crippen molar-refractivity contribution >= 4 is 5.78 Å². The topological polar surface area (TPSA) is 177 Å². The molecule has 192 valence electrons. The van der Waals surface area contributed by atoms with Gasteiger partial charge in [-0.1, -0.05) is 18.2 Å². The van der Waals surface area contributed by atoms with E-state index < -0.39 is 43.4 Å². The second-order valence-electron chi connectivity index (χ2n) is 8.73.